The normalized spacial score (nSPS) is 26.1. The molecule has 1 N–H and O–H groups in total. The zero-order valence-corrected chi connectivity index (χ0v) is 17.8. The Kier molecular flexibility index (Phi) is 7.44. The quantitative estimate of drug-likeness (QED) is 0.784. The second-order valence-electron chi connectivity index (χ2n) is 9.35. The van der Waals surface area contributed by atoms with E-state index in [0.717, 1.165) is 50.7 Å². The summed E-state index contributed by atoms with van der Waals surface area (Å²) in [6, 6.07) is 8.07. The van der Waals surface area contributed by atoms with Crippen LogP contribution in [-0.4, -0.2) is 72.9 Å². The van der Waals surface area contributed by atoms with E-state index >= 15 is 0 Å². The number of piperidine rings is 1. The summed E-state index contributed by atoms with van der Waals surface area (Å²) in [4.78, 5) is 7.77. The first-order valence-electron chi connectivity index (χ1n) is 11.8. The number of aliphatic hydroxyl groups is 1. The Bertz CT molecular complexity index is 611. The molecule has 3 aliphatic rings. The maximum Gasteiger partial charge on any atom is 0.123 e. The first kappa shape index (κ1) is 21.1. The van der Waals surface area contributed by atoms with Crippen LogP contribution in [0.3, 0.4) is 0 Å². The third kappa shape index (κ3) is 5.50. The summed E-state index contributed by atoms with van der Waals surface area (Å²) in [5.74, 6) is 0.708. The Hall–Kier alpha value is -1.17. The molecule has 0 unspecified atom stereocenters. The number of nitrogens with zero attached hydrogens (tertiary/aromatic N) is 3. The largest absolute Gasteiger partial charge is 0.396 e. The van der Waals surface area contributed by atoms with Crippen LogP contribution in [0.2, 0.25) is 0 Å². The third-order valence-corrected chi connectivity index (χ3v) is 7.49. The van der Waals surface area contributed by atoms with E-state index < -0.39 is 0 Å². The maximum atomic E-state index is 13.2. The molecule has 1 aliphatic carbocycles. The molecule has 1 atom stereocenters. The highest BCUT2D eigenvalue weighted by Crippen LogP contribution is 2.28. The van der Waals surface area contributed by atoms with Gasteiger partial charge in [-0.15, -0.1) is 0 Å². The van der Waals surface area contributed by atoms with Gasteiger partial charge in [0.05, 0.1) is 0 Å². The van der Waals surface area contributed by atoms with Gasteiger partial charge in [0.2, 0.25) is 0 Å². The summed E-state index contributed by atoms with van der Waals surface area (Å²) in [6.45, 7) is 7.04. The van der Waals surface area contributed by atoms with Crippen LogP contribution in [0.25, 0.3) is 0 Å². The monoisotopic (exact) mass is 403 g/mol. The lowest BCUT2D eigenvalue weighted by Gasteiger charge is -2.47. The molecular weight excluding hydrogens is 365 g/mol. The van der Waals surface area contributed by atoms with Crippen LogP contribution < -0.4 is 4.90 Å². The van der Waals surface area contributed by atoms with Gasteiger partial charge in [0.25, 0.3) is 0 Å². The van der Waals surface area contributed by atoms with Crippen LogP contribution in [0.15, 0.2) is 24.3 Å². The molecule has 162 valence electrons. The fourth-order valence-electron chi connectivity index (χ4n) is 5.75. The average Bonchev–Trinajstić information content (AvgIpc) is 2.77. The molecule has 0 spiro atoms. The van der Waals surface area contributed by atoms with Crippen molar-refractivity contribution in [2.45, 2.75) is 63.5 Å². The minimum atomic E-state index is -0.162. The number of halogens is 1. The predicted octanol–water partition coefficient (Wildman–Crippen LogP) is 3.74. The van der Waals surface area contributed by atoms with Gasteiger partial charge in [-0.3, -0.25) is 9.80 Å². The number of piperazine rings is 1. The molecule has 0 radical (unpaired) electrons. The van der Waals surface area contributed by atoms with E-state index in [1.54, 1.807) is 12.1 Å². The van der Waals surface area contributed by atoms with Crippen LogP contribution in [0, 0.1) is 11.7 Å². The van der Waals surface area contributed by atoms with E-state index in [1.165, 1.54) is 51.5 Å². The summed E-state index contributed by atoms with van der Waals surface area (Å²) in [6.07, 6.45) is 10.3. The lowest BCUT2D eigenvalue weighted by Crippen LogP contribution is -2.58. The molecule has 1 aromatic rings. The van der Waals surface area contributed by atoms with Crippen molar-refractivity contribution in [2.24, 2.45) is 5.92 Å². The molecular formula is C24H38FN3O. The first-order valence-corrected chi connectivity index (χ1v) is 11.8. The number of aliphatic hydroxyl groups excluding tert-OH is 1. The minimum Gasteiger partial charge on any atom is -0.396 e. The Morgan fingerprint density at radius 1 is 0.897 bits per heavy atom. The van der Waals surface area contributed by atoms with Crippen molar-refractivity contribution in [3.05, 3.63) is 30.1 Å². The molecule has 4 nitrogen and oxygen atoms in total. The van der Waals surface area contributed by atoms with Crippen molar-refractivity contribution in [1.29, 1.82) is 0 Å². The molecule has 29 heavy (non-hydrogen) atoms. The Labute approximate surface area is 175 Å². The van der Waals surface area contributed by atoms with Gasteiger partial charge >= 0.3 is 0 Å². The second kappa shape index (κ2) is 10.2. The van der Waals surface area contributed by atoms with Gasteiger partial charge in [0.15, 0.2) is 0 Å². The summed E-state index contributed by atoms with van der Waals surface area (Å²) in [5, 5.41) is 9.64. The molecule has 3 fully saturated rings. The van der Waals surface area contributed by atoms with E-state index in [0.29, 0.717) is 18.7 Å². The number of anilines is 1. The number of hydrogen-bond donors (Lipinski definition) is 1. The van der Waals surface area contributed by atoms with Crippen LogP contribution in [0.1, 0.15) is 51.4 Å². The second-order valence-corrected chi connectivity index (χ2v) is 9.35. The van der Waals surface area contributed by atoms with Gasteiger partial charge in [-0.2, -0.15) is 0 Å². The molecule has 2 heterocycles. The Balaban J connectivity index is 1.29. The van der Waals surface area contributed by atoms with Crippen molar-refractivity contribution < 1.29 is 9.50 Å². The topological polar surface area (TPSA) is 30.0 Å². The molecule has 0 aromatic heterocycles. The fourth-order valence-corrected chi connectivity index (χ4v) is 5.75. The number of rotatable bonds is 6. The smallest absolute Gasteiger partial charge is 0.123 e. The summed E-state index contributed by atoms with van der Waals surface area (Å²) < 4.78 is 13.2. The van der Waals surface area contributed by atoms with Crippen molar-refractivity contribution >= 4 is 5.69 Å². The van der Waals surface area contributed by atoms with Crippen LogP contribution in [-0.2, 0) is 0 Å². The van der Waals surface area contributed by atoms with Crippen molar-refractivity contribution in [1.82, 2.24) is 9.80 Å². The average molecular weight is 404 g/mol. The van der Waals surface area contributed by atoms with Gasteiger partial charge in [0.1, 0.15) is 5.82 Å². The van der Waals surface area contributed by atoms with E-state index in [-0.39, 0.29) is 5.82 Å². The SMILES string of the molecule is OCC[C@@H]1CN(C2CCN(c3ccc(F)cc3)CC2)CCN1CC1CCCCC1. The zero-order valence-electron chi connectivity index (χ0n) is 17.8. The highest BCUT2D eigenvalue weighted by atomic mass is 19.1. The van der Waals surface area contributed by atoms with E-state index in [4.69, 9.17) is 0 Å². The highest BCUT2D eigenvalue weighted by molar-refractivity contribution is 5.46. The fraction of sp³-hybridized carbons (Fsp3) is 0.750. The van der Waals surface area contributed by atoms with Crippen molar-refractivity contribution in [3.63, 3.8) is 0 Å². The van der Waals surface area contributed by atoms with Crippen LogP contribution in [0.4, 0.5) is 10.1 Å². The molecule has 1 aromatic carbocycles. The Morgan fingerprint density at radius 2 is 1.62 bits per heavy atom. The number of benzene rings is 1. The van der Waals surface area contributed by atoms with E-state index in [9.17, 15) is 9.50 Å². The number of hydrogen-bond acceptors (Lipinski definition) is 4. The minimum absolute atomic E-state index is 0.162. The molecule has 2 saturated heterocycles. The summed E-state index contributed by atoms with van der Waals surface area (Å²) >= 11 is 0. The standard InChI is InChI=1S/C24H38FN3O/c25-21-6-8-22(9-7-21)26-13-10-23(11-14-26)28-16-15-27(24(19-28)12-17-29)18-20-4-2-1-3-5-20/h6-9,20,23-24,29H,1-5,10-19H2/t24-/m1/s1. The van der Waals surface area contributed by atoms with Gasteiger partial charge < -0.3 is 10.0 Å². The summed E-state index contributed by atoms with van der Waals surface area (Å²) in [5.41, 5.74) is 1.14. The summed E-state index contributed by atoms with van der Waals surface area (Å²) in [7, 11) is 0. The van der Waals surface area contributed by atoms with Crippen molar-refractivity contribution in [2.75, 3.05) is 50.8 Å². The maximum absolute atomic E-state index is 13.2. The van der Waals surface area contributed by atoms with Gasteiger partial charge in [-0.1, -0.05) is 19.3 Å². The van der Waals surface area contributed by atoms with Gasteiger partial charge in [-0.25, -0.2) is 4.39 Å². The van der Waals surface area contributed by atoms with Crippen LogP contribution in [0.5, 0.6) is 0 Å². The molecule has 0 bridgehead atoms. The van der Waals surface area contributed by atoms with Crippen LogP contribution >= 0.6 is 0 Å². The third-order valence-electron chi connectivity index (χ3n) is 7.49. The van der Waals surface area contributed by atoms with E-state index in [1.807, 2.05) is 12.1 Å². The molecule has 2 aliphatic heterocycles. The predicted molar refractivity (Wildman–Crippen MR) is 117 cm³/mol. The lowest BCUT2D eigenvalue weighted by atomic mass is 9.88. The highest BCUT2D eigenvalue weighted by Gasteiger charge is 2.33. The molecule has 5 heteroatoms. The lowest BCUT2D eigenvalue weighted by molar-refractivity contribution is 0.0184. The zero-order chi connectivity index (χ0) is 20.1. The molecule has 0 amide bonds. The Morgan fingerprint density at radius 3 is 2.31 bits per heavy atom. The first-order chi connectivity index (χ1) is 14.2. The van der Waals surface area contributed by atoms with E-state index in [2.05, 4.69) is 14.7 Å². The molecule has 4 rings (SSSR count). The van der Waals surface area contributed by atoms with Gasteiger partial charge in [0, 0.05) is 63.6 Å². The van der Waals surface area contributed by atoms with Crippen molar-refractivity contribution in [3.8, 4) is 0 Å². The molecule has 1 saturated carbocycles. The van der Waals surface area contributed by atoms with Gasteiger partial charge in [-0.05, 0) is 62.3 Å².